The van der Waals surface area contributed by atoms with Crippen LogP contribution in [-0.2, 0) is 17.2 Å². The molecule has 2 aromatic carbocycles. The normalized spacial score (nSPS) is 15.9. The number of rotatable bonds is 2. The third-order valence-electron chi connectivity index (χ3n) is 4.40. The molecule has 2 unspecified atom stereocenters. The molecule has 4 heteroatoms. The van der Waals surface area contributed by atoms with E-state index in [4.69, 9.17) is 0 Å². The second kappa shape index (κ2) is 10.6. The molecule has 0 N–H and O–H groups in total. The van der Waals surface area contributed by atoms with Crippen LogP contribution in [0.2, 0.25) is 0 Å². The van der Waals surface area contributed by atoms with Crippen molar-refractivity contribution in [1.82, 2.24) is 0 Å². The van der Waals surface area contributed by atoms with Crippen molar-refractivity contribution in [2.45, 2.75) is 65.2 Å². The molecular weight excluding hydrogens is 350 g/mol. The molecule has 3 rings (SSSR count). The highest BCUT2D eigenvalue weighted by Gasteiger charge is 2.25. The van der Waals surface area contributed by atoms with Gasteiger partial charge in [0.25, 0.3) is 0 Å². The molecule has 0 amide bonds. The summed E-state index contributed by atoms with van der Waals surface area (Å²) < 4.78 is 36.5. The minimum absolute atomic E-state index is 0.146. The maximum atomic E-state index is 12.5. The van der Waals surface area contributed by atoms with Crippen LogP contribution in [0.1, 0.15) is 60.9 Å². The number of hydrogen-bond acceptors (Lipinski definition) is 1. The maximum absolute atomic E-state index is 12.5. The zero-order valence-electron chi connectivity index (χ0n) is 16.7. The van der Waals surface area contributed by atoms with Crippen molar-refractivity contribution < 1.29 is 13.0 Å². The quantitative estimate of drug-likeness (QED) is 0.577. The van der Waals surface area contributed by atoms with E-state index in [1.54, 1.807) is 0 Å². The molecular formula is C22H30F2OS. The molecule has 0 radical (unpaired) electrons. The molecule has 144 valence electrons. The van der Waals surface area contributed by atoms with Crippen LogP contribution in [-0.4, -0.2) is 10.2 Å². The zero-order valence-corrected chi connectivity index (χ0v) is 17.5. The van der Waals surface area contributed by atoms with Gasteiger partial charge in [-0.15, -0.1) is 0 Å². The van der Waals surface area contributed by atoms with E-state index in [1.807, 2.05) is 45.9 Å². The summed E-state index contributed by atoms with van der Waals surface area (Å²) in [6, 6.07) is 8.00. The highest BCUT2D eigenvalue weighted by Crippen LogP contribution is 2.38. The molecule has 0 fully saturated rings. The number of hydrogen-bond donors (Lipinski definition) is 0. The first-order valence-electron chi connectivity index (χ1n) is 9.14. The smallest absolute Gasteiger partial charge is 0.169 e. The predicted molar refractivity (Wildman–Crippen MR) is 108 cm³/mol. The van der Waals surface area contributed by atoms with Gasteiger partial charge >= 0.3 is 0 Å². The standard InChI is InChI=1S/C12H15FOS.C8H9F.C2H6/c1-8-4-6-11(15(14)7-13)12-9(2)3-5-10(8)12;1-6-3-7(2)5-8(9)4-6;1-2/h4,6,9H,3,5,7H2,1-2H3;3-5H,1-2H3;1-2H3. The van der Waals surface area contributed by atoms with Gasteiger partial charge < -0.3 is 0 Å². The molecule has 0 spiro atoms. The third-order valence-corrected chi connectivity index (χ3v) is 5.45. The van der Waals surface area contributed by atoms with Crippen molar-refractivity contribution in [3.63, 3.8) is 0 Å². The topological polar surface area (TPSA) is 17.1 Å². The SMILES string of the molecule is CC.Cc1cc(C)cc(F)c1.Cc1ccc(S(=O)CF)c2c1CCC2C. The average molecular weight is 381 g/mol. The van der Waals surface area contributed by atoms with Crippen LogP contribution in [0, 0.1) is 26.6 Å². The Balaban J connectivity index is 0.000000263. The van der Waals surface area contributed by atoms with Crippen LogP contribution in [0.5, 0.6) is 0 Å². The monoisotopic (exact) mass is 380 g/mol. The second-order valence-electron chi connectivity index (χ2n) is 6.47. The molecule has 0 aromatic heterocycles. The lowest BCUT2D eigenvalue weighted by Crippen LogP contribution is -2.01. The molecule has 26 heavy (non-hydrogen) atoms. The number of aryl methyl sites for hydroxylation is 3. The van der Waals surface area contributed by atoms with Gasteiger partial charge in [0.2, 0.25) is 0 Å². The van der Waals surface area contributed by atoms with Crippen molar-refractivity contribution >= 4 is 10.8 Å². The van der Waals surface area contributed by atoms with Crippen molar-refractivity contribution in [2.75, 3.05) is 6.01 Å². The maximum Gasteiger partial charge on any atom is 0.169 e. The summed E-state index contributed by atoms with van der Waals surface area (Å²) in [6.45, 7) is 12.0. The van der Waals surface area contributed by atoms with Gasteiger partial charge in [-0.05, 0) is 85.5 Å². The van der Waals surface area contributed by atoms with Crippen molar-refractivity contribution in [2.24, 2.45) is 0 Å². The minimum atomic E-state index is -1.47. The van der Waals surface area contributed by atoms with E-state index in [0.29, 0.717) is 10.8 Å². The largest absolute Gasteiger partial charge is 0.252 e. The lowest BCUT2D eigenvalue weighted by Gasteiger charge is -2.12. The Morgan fingerprint density at radius 1 is 1.08 bits per heavy atom. The van der Waals surface area contributed by atoms with Crippen molar-refractivity contribution in [3.8, 4) is 0 Å². The highest BCUT2D eigenvalue weighted by molar-refractivity contribution is 7.84. The van der Waals surface area contributed by atoms with E-state index in [0.717, 1.165) is 29.5 Å². The fraction of sp³-hybridized carbons (Fsp3) is 0.455. The number of benzene rings is 2. The van der Waals surface area contributed by atoms with Crippen LogP contribution in [0.3, 0.4) is 0 Å². The zero-order chi connectivity index (χ0) is 19.9. The summed E-state index contributed by atoms with van der Waals surface area (Å²) in [5, 5.41) is 0. The number of alkyl halides is 1. The first-order chi connectivity index (χ1) is 12.3. The first-order valence-corrected chi connectivity index (χ1v) is 10.5. The number of fused-ring (bicyclic) bond motifs is 1. The van der Waals surface area contributed by atoms with E-state index < -0.39 is 16.8 Å². The van der Waals surface area contributed by atoms with Gasteiger partial charge in [-0.25, -0.2) is 8.78 Å². The van der Waals surface area contributed by atoms with Crippen LogP contribution < -0.4 is 0 Å². The Bertz CT molecular complexity index is 706. The predicted octanol–water partition coefficient (Wildman–Crippen LogP) is 6.55. The van der Waals surface area contributed by atoms with E-state index >= 15 is 0 Å². The lowest BCUT2D eigenvalue weighted by atomic mass is 10.0. The molecule has 0 heterocycles. The summed E-state index contributed by atoms with van der Waals surface area (Å²) >= 11 is 0. The molecule has 1 aliphatic rings. The van der Waals surface area contributed by atoms with Crippen molar-refractivity contribution in [3.05, 3.63) is 64.0 Å². The van der Waals surface area contributed by atoms with Crippen LogP contribution >= 0.6 is 0 Å². The third kappa shape index (κ3) is 5.73. The lowest BCUT2D eigenvalue weighted by molar-refractivity contribution is 0.579. The van der Waals surface area contributed by atoms with Crippen LogP contribution in [0.4, 0.5) is 8.78 Å². The van der Waals surface area contributed by atoms with Gasteiger partial charge in [-0.1, -0.05) is 32.9 Å². The molecule has 1 nitrogen and oxygen atoms in total. The van der Waals surface area contributed by atoms with Gasteiger partial charge in [0, 0.05) is 4.90 Å². The van der Waals surface area contributed by atoms with Crippen LogP contribution in [0.15, 0.2) is 35.2 Å². The molecule has 1 aliphatic carbocycles. The Labute approximate surface area is 159 Å². The molecule has 2 aromatic rings. The van der Waals surface area contributed by atoms with E-state index in [2.05, 4.69) is 13.8 Å². The summed E-state index contributed by atoms with van der Waals surface area (Å²) in [5.74, 6) is 0.276. The summed E-state index contributed by atoms with van der Waals surface area (Å²) in [4.78, 5) is 0.711. The number of halogens is 2. The molecule has 0 saturated heterocycles. The van der Waals surface area contributed by atoms with Gasteiger partial charge in [-0.3, -0.25) is 4.21 Å². The Kier molecular flexibility index (Phi) is 9.14. The fourth-order valence-corrected chi connectivity index (χ4v) is 4.21. The average Bonchev–Trinajstić information content (AvgIpc) is 2.99. The van der Waals surface area contributed by atoms with Crippen LogP contribution in [0.25, 0.3) is 0 Å². The van der Waals surface area contributed by atoms with Gasteiger partial charge in [0.05, 0.1) is 10.8 Å². The minimum Gasteiger partial charge on any atom is -0.252 e. The second-order valence-corrected chi connectivity index (χ2v) is 7.82. The Morgan fingerprint density at radius 2 is 1.65 bits per heavy atom. The van der Waals surface area contributed by atoms with Gasteiger partial charge in [0.15, 0.2) is 6.01 Å². The fourth-order valence-electron chi connectivity index (χ4n) is 3.31. The Hall–Kier alpha value is -1.55. The summed E-state index contributed by atoms with van der Waals surface area (Å²) in [5.41, 5.74) is 5.64. The van der Waals surface area contributed by atoms with E-state index in [1.165, 1.54) is 23.3 Å². The van der Waals surface area contributed by atoms with Gasteiger partial charge in [0.1, 0.15) is 5.82 Å². The van der Waals surface area contributed by atoms with Crippen molar-refractivity contribution in [1.29, 1.82) is 0 Å². The van der Waals surface area contributed by atoms with Gasteiger partial charge in [-0.2, -0.15) is 0 Å². The summed E-state index contributed by atoms with van der Waals surface area (Å²) in [7, 11) is -1.47. The van der Waals surface area contributed by atoms with E-state index in [9.17, 15) is 13.0 Å². The molecule has 0 saturated carbocycles. The molecule has 0 aliphatic heterocycles. The first kappa shape index (κ1) is 22.5. The molecule has 0 bridgehead atoms. The Morgan fingerprint density at radius 3 is 2.15 bits per heavy atom. The summed E-state index contributed by atoms with van der Waals surface area (Å²) in [6.07, 6.45) is 2.14. The molecule has 2 atom stereocenters. The van der Waals surface area contributed by atoms with E-state index in [-0.39, 0.29) is 5.82 Å². The highest BCUT2D eigenvalue weighted by atomic mass is 32.2.